The fourth-order valence-electron chi connectivity index (χ4n) is 1.97. The van der Waals surface area contributed by atoms with Gasteiger partial charge in [0.25, 0.3) is 0 Å². The van der Waals surface area contributed by atoms with Crippen LogP contribution in [0.15, 0.2) is 0 Å². The molecular weight excluding hydrogens is 505 g/mol. The van der Waals surface area contributed by atoms with E-state index in [1.165, 1.54) is 26.1 Å². The maximum absolute atomic E-state index is 14.0. The molecule has 0 aromatic carbocycles. The van der Waals surface area contributed by atoms with Gasteiger partial charge in [-0.1, -0.05) is 0 Å². The summed E-state index contributed by atoms with van der Waals surface area (Å²) < 4.78 is 179. The van der Waals surface area contributed by atoms with Gasteiger partial charge in [-0.05, 0) is 20.8 Å². The number of alkyl halides is 13. The van der Waals surface area contributed by atoms with Gasteiger partial charge in [0, 0.05) is 6.42 Å². The van der Waals surface area contributed by atoms with E-state index in [9.17, 15) is 66.7 Å². The summed E-state index contributed by atoms with van der Waals surface area (Å²) in [6.07, 6.45) is -12.3. The number of hydrogen-bond donors (Lipinski definition) is 1. The zero-order valence-electron chi connectivity index (χ0n) is 16.8. The molecule has 1 amide bonds. The molecule has 0 bridgehead atoms. The van der Waals surface area contributed by atoms with Crippen LogP contribution < -0.4 is 5.32 Å². The Labute approximate surface area is 176 Å². The first-order chi connectivity index (χ1) is 14.2. The molecule has 5 nitrogen and oxygen atoms in total. The van der Waals surface area contributed by atoms with Gasteiger partial charge in [-0.3, -0.25) is 0 Å². The molecule has 1 atom stereocenters. The Morgan fingerprint density at radius 1 is 0.727 bits per heavy atom. The van der Waals surface area contributed by atoms with Crippen LogP contribution in [-0.2, 0) is 14.3 Å². The number of methoxy groups -OCH3 is 1. The molecular formula is C15H16F13NO4. The molecule has 0 saturated carbocycles. The lowest BCUT2D eigenvalue weighted by Gasteiger charge is -2.40. The minimum atomic E-state index is -8.08. The molecule has 18 heteroatoms. The Balaban J connectivity index is 6.25. The third kappa shape index (κ3) is 5.85. The lowest BCUT2D eigenvalue weighted by molar-refractivity contribution is -0.440. The molecule has 0 fully saturated rings. The quantitative estimate of drug-likeness (QED) is 0.353. The second kappa shape index (κ2) is 8.88. The Morgan fingerprint density at radius 2 is 1.12 bits per heavy atom. The van der Waals surface area contributed by atoms with E-state index in [0.29, 0.717) is 7.11 Å². The maximum Gasteiger partial charge on any atom is 0.460 e. The van der Waals surface area contributed by atoms with Crippen molar-refractivity contribution < 1.29 is 76.1 Å². The van der Waals surface area contributed by atoms with Crippen LogP contribution in [-0.4, -0.2) is 66.6 Å². The van der Waals surface area contributed by atoms with E-state index in [4.69, 9.17) is 0 Å². The van der Waals surface area contributed by atoms with Crippen molar-refractivity contribution >= 4 is 12.1 Å². The van der Waals surface area contributed by atoms with Crippen LogP contribution in [0.2, 0.25) is 0 Å². The third-order valence-corrected chi connectivity index (χ3v) is 3.64. The van der Waals surface area contributed by atoms with Gasteiger partial charge in [0.1, 0.15) is 11.6 Å². The highest BCUT2D eigenvalue weighted by Crippen LogP contribution is 2.60. The zero-order valence-corrected chi connectivity index (χ0v) is 16.8. The van der Waals surface area contributed by atoms with E-state index in [0.717, 1.165) is 0 Å². The number of carbonyl (C=O) groups excluding carboxylic acids is 2. The van der Waals surface area contributed by atoms with Crippen LogP contribution in [0.1, 0.15) is 27.2 Å². The average molecular weight is 521 g/mol. The molecule has 0 radical (unpaired) electrons. The highest BCUT2D eigenvalue weighted by atomic mass is 19.4. The summed E-state index contributed by atoms with van der Waals surface area (Å²) in [5, 5.41) is 1.19. The summed E-state index contributed by atoms with van der Waals surface area (Å²) in [6.45, 7) is 3.56. The number of rotatable bonds is 8. The van der Waals surface area contributed by atoms with Crippen LogP contribution in [0.3, 0.4) is 0 Å². The van der Waals surface area contributed by atoms with Crippen molar-refractivity contribution in [2.24, 2.45) is 0 Å². The Hall–Kier alpha value is -2.17. The van der Waals surface area contributed by atoms with Crippen molar-refractivity contribution in [1.82, 2.24) is 5.32 Å². The molecule has 1 N–H and O–H groups in total. The fourth-order valence-corrected chi connectivity index (χ4v) is 1.97. The summed E-state index contributed by atoms with van der Waals surface area (Å²) in [5.74, 6) is -40.2. The SMILES string of the molecule is COC(=O)C(CC(F)(F)C(F)(F)C(F)(F)C(F)(F)C(F)(F)C(F)(F)F)NC(=O)OC(C)(C)C. The van der Waals surface area contributed by atoms with Crippen LogP contribution in [0.5, 0.6) is 0 Å². The molecule has 0 aliphatic heterocycles. The molecule has 196 valence electrons. The standard InChI is InChI=1S/C15H16F13NO4/c1-9(2,3)33-8(31)29-6(7(30)32-4)5-10(16,17)11(18,19)12(20,21)13(22,23)14(24,25)15(26,27)28/h6H,5H2,1-4H3,(H,29,31). The van der Waals surface area contributed by atoms with Gasteiger partial charge in [0.15, 0.2) is 0 Å². The van der Waals surface area contributed by atoms with E-state index >= 15 is 0 Å². The number of nitrogens with one attached hydrogen (secondary N) is 1. The van der Waals surface area contributed by atoms with E-state index in [-0.39, 0.29) is 0 Å². The number of halogens is 13. The largest absolute Gasteiger partial charge is 0.467 e. The van der Waals surface area contributed by atoms with Crippen LogP contribution in [0.4, 0.5) is 61.9 Å². The first-order valence-electron chi connectivity index (χ1n) is 8.22. The first-order valence-corrected chi connectivity index (χ1v) is 8.22. The second-order valence-corrected chi connectivity index (χ2v) is 7.43. The zero-order chi connectivity index (χ0) is 27.1. The van der Waals surface area contributed by atoms with Crippen LogP contribution in [0.25, 0.3) is 0 Å². The summed E-state index contributed by atoms with van der Waals surface area (Å²) in [5.41, 5.74) is -1.39. The fraction of sp³-hybridized carbons (Fsp3) is 0.867. The topological polar surface area (TPSA) is 64.6 Å². The van der Waals surface area contributed by atoms with Gasteiger partial charge in [-0.15, -0.1) is 0 Å². The summed E-state index contributed by atoms with van der Waals surface area (Å²) >= 11 is 0. The average Bonchev–Trinajstić information content (AvgIpc) is 2.56. The van der Waals surface area contributed by atoms with Crippen molar-refractivity contribution in [3.8, 4) is 0 Å². The first kappa shape index (κ1) is 30.8. The van der Waals surface area contributed by atoms with Crippen molar-refractivity contribution in [1.29, 1.82) is 0 Å². The van der Waals surface area contributed by atoms with Crippen molar-refractivity contribution in [2.45, 2.75) is 74.6 Å². The predicted molar refractivity (Wildman–Crippen MR) is 80.6 cm³/mol. The Bertz CT molecular complexity index is 728. The van der Waals surface area contributed by atoms with Crippen molar-refractivity contribution in [2.75, 3.05) is 7.11 Å². The number of amides is 1. The summed E-state index contributed by atoms with van der Waals surface area (Å²) in [4.78, 5) is 23.0. The molecule has 0 aliphatic carbocycles. The molecule has 0 spiro atoms. The van der Waals surface area contributed by atoms with Crippen LogP contribution >= 0.6 is 0 Å². The normalized spacial score (nSPS) is 15.7. The lowest BCUT2D eigenvalue weighted by Crippen LogP contribution is -2.70. The maximum atomic E-state index is 14.0. The van der Waals surface area contributed by atoms with Crippen molar-refractivity contribution in [3.05, 3.63) is 0 Å². The molecule has 0 aliphatic rings. The number of hydrogen-bond acceptors (Lipinski definition) is 4. The molecule has 0 rings (SSSR count). The monoisotopic (exact) mass is 521 g/mol. The lowest BCUT2D eigenvalue weighted by atomic mass is 9.91. The molecule has 0 saturated heterocycles. The smallest absolute Gasteiger partial charge is 0.460 e. The predicted octanol–water partition coefficient (Wildman–Crippen LogP) is 5.18. The molecule has 0 aromatic rings. The molecule has 1 unspecified atom stereocenters. The summed E-state index contributed by atoms with van der Waals surface area (Å²) in [7, 11) is 0.426. The van der Waals surface area contributed by atoms with Crippen molar-refractivity contribution in [3.63, 3.8) is 0 Å². The molecule has 33 heavy (non-hydrogen) atoms. The highest BCUT2D eigenvalue weighted by molar-refractivity contribution is 5.81. The van der Waals surface area contributed by atoms with E-state index in [2.05, 4.69) is 9.47 Å². The van der Waals surface area contributed by atoms with E-state index in [1.807, 2.05) is 0 Å². The van der Waals surface area contributed by atoms with E-state index < -0.39 is 65.9 Å². The van der Waals surface area contributed by atoms with Gasteiger partial charge in [0.2, 0.25) is 0 Å². The van der Waals surface area contributed by atoms with Crippen LogP contribution in [0, 0.1) is 0 Å². The van der Waals surface area contributed by atoms with E-state index in [1.54, 1.807) is 0 Å². The summed E-state index contributed by atoms with van der Waals surface area (Å²) in [6, 6.07) is -3.02. The van der Waals surface area contributed by atoms with Gasteiger partial charge >= 0.3 is 47.9 Å². The van der Waals surface area contributed by atoms with Gasteiger partial charge in [0.05, 0.1) is 7.11 Å². The minimum absolute atomic E-state index is 0.426. The van der Waals surface area contributed by atoms with Gasteiger partial charge in [-0.25, -0.2) is 9.59 Å². The number of carbonyl (C=O) groups is 2. The Kier molecular flexibility index (Phi) is 8.30. The molecule has 0 aromatic heterocycles. The van der Waals surface area contributed by atoms with Gasteiger partial charge < -0.3 is 14.8 Å². The van der Waals surface area contributed by atoms with Gasteiger partial charge in [-0.2, -0.15) is 57.1 Å². The third-order valence-electron chi connectivity index (χ3n) is 3.64. The number of esters is 1. The number of ether oxygens (including phenoxy) is 2. The molecule has 0 heterocycles. The minimum Gasteiger partial charge on any atom is -0.467 e. The number of alkyl carbamates (subject to hydrolysis) is 1. The highest BCUT2D eigenvalue weighted by Gasteiger charge is 2.90. The second-order valence-electron chi connectivity index (χ2n) is 7.43. The Morgan fingerprint density at radius 3 is 1.45 bits per heavy atom.